The number of fused-ring (bicyclic) bond motifs is 1. The molecule has 4 aromatic heterocycles. The van der Waals surface area contributed by atoms with Crippen molar-refractivity contribution in [3.8, 4) is 11.5 Å². The molecule has 1 aliphatic rings. The second kappa shape index (κ2) is 9.40. The fraction of sp³-hybridized carbons (Fsp3) is 0.455. The van der Waals surface area contributed by atoms with Crippen LogP contribution in [0, 0.1) is 5.92 Å². The van der Waals surface area contributed by atoms with Crippen molar-refractivity contribution in [2.75, 3.05) is 0 Å². The topological polar surface area (TPSA) is 134 Å². The fourth-order valence-electron chi connectivity index (χ4n) is 4.50. The highest BCUT2D eigenvalue weighted by Crippen LogP contribution is 2.36. The molecule has 1 saturated carbocycles. The minimum atomic E-state index is -0.730. The summed E-state index contributed by atoms with van der Waals surface area (Å²) < 4.78 is 2.61. The summed E-state index contributed by atoms with van der Waals surface area (Å²) in [5.41, 5.74) is 2.20. The lowest BCUT2D eigenvalue weighted by atomic mass is 9.90. The molecule has 0 saturated heterocycles. The Labute approximate surface area is 204 Å². The largest absolute Gasteiger partial charge is 0.385 e. The zero-order chi connectivity index (χ0) is 23.8. The Morgan fingerprint density at radius 3 is 2.85 bits per heavy atom. The van der Waals surface area contributed by atoms with Gasteiger partial charge in [0.25, 0.3) is 5.91 Å². The molecular weight excluding hydrogens is 476 g/mol. The number of nitrogens with one attached hydrogen (secondary N) is 2. The maximum Gasteiger partial charge on any atom is 0.280 e. The highest BCUT2D eigenvalue weighted by atomic mass is 35.5. The molecule has 178 valence electrons. The van der Waals surface area contributed by atoms with Crippen LogP contribution in [0.1, 0.15) is 67.3 Å². The number of amides is 1. The van der Waals surface area contributed by atoms with E-state index in [0.717, 1.165) is 24.8 Å². The third kappa shape index (κ3) is 4.42. The molecule has 3 N–H and O–H groups in total. The van der Waals surface area contributed by atoms with Crippen LogP contribution in [0.2, 0.25) is 4.34 Å². The summed E-state index contributed by atoms with van der Waals surface area (Å²) in [6.07, 6.45) is 7.40. The molecule has 4 heterocycles. The number of carbonyl (C=O) groups excluding carboxylic acids is 1. The molecule has 1 aliphatic carbocycles. The van der Waals surface area contributed by atoms with Crippen molar-refractivity contribution >= 4 is 39.9 Å². The zero-order valence-corrected chi connectivity index (χ0v) is 20.3. The van der Waals surface area contributed by atoms with Gasteiger partial charge in [0.2, 0.25) is 0 Å². The molecule has 0 spiro atoms. The number of aliphatic hydroxyl groups is 1. The summed E-state index contributed by atoms with van der Waals surface area (Å²) in [4.78, 5) is 30.2. The number of rotatable bonds is 6. The molecule has 3 atom stereocenters. The highest BCUT2D eigenvalue weighted by Gasteiger charge is 2.31. The minimum Gasteiger partial charge on any atom is -0.385 e. The normalized spacial score (nSPS) is 19.6. The van der Waals surface area contributed by atoms with Crippen molar-refractivity contribution in [1.29, 1.82) is 0 Å². The molecule has 4 aromatic rings. The number of aliphatic hydroxyl groups excluding tert-OH is 1. The minimum absolute atomic E-state index is 0.00950. The first-order valence-electron chi connectivity index (χ1n) is 11.2. The smallest absolute Gasteiger partial charge is 0.280 e. The first kappa shape index (κ1) is 22.9. The van der Waals surface area contributed by atoms with Crippen LogP contribution in [-0.4, -0.2) is 51.8 Å². The van der Waals surface area contributed by atoms with Gasteiger partial charge in [0, 0.05) is 12.1 Å². The van der Waals surface area contributed by atoms with Gasteiger partial charge in [-0.15, -0.1) is 0 Å². The van der Waals surface area contributed by atoms with E-state index in [2.05, 4.69) is 35.0 Å². The highest BCUT2D eigenvalue weighted by molar-refractivity contribution is 7.17. The molecule has 5 rings (SSSR count). The van der Waals surface area contributed by atoms with Crippen LogP contribution in [0.15, 0.2) is 24.8 Å². The number of carbonyl (C=O) groups is 1. The van der Waals surface area contributed by atoms with Gasteiger partial charge in [-0.25, -0.2) is 15.0 Å². The van der Waals surface area contributed by atoms with Crippen molar-refractivity contribution in [3.05, 3.63) is 40.0 Å². The van der Waals surface area contributed by atoms with Gasteiger partial charge in [0.05, 0.1) is 17.9 Å². The Hall–Kier alpha value is -2.89. The molecule has 1 amide bonds. The Balaban J connectivity index is 1.49. The molecule has 34 heavy (non-hydrogen) atoms. The number of thiazole rings is 1. The summed E-state index contributed by atoms with van der Waals surface area (Å²) >= 11 is 7.11. The number of pyridine rings is 1. The third-order valence-corrected chi connectivity index (χ3v) is 7.28. The Morgan fingerprint density at radius 1 is 1.29 bits per heavy atom. The number of nitrogens with zero attached hydrogens (tertiary/aromatic N) is 6. The van der Waals surface area contributed by atoms with Crippen LogP contribution < -0.4 is 5.32 Å². The second-order valence-electron chi connectivity index (χ2n) is 8.87. The van der Waals surface area contributed by atoms with Crippen molar-refractivity contribution in [2.24, 2.45) is 5.92 Å². The van der Waals surface area contributed by atoms with E-state index in [1.807, 2.05) is 19.9 Å². The summed E-state index contributed by atoms with van der Waals surface area (Å²) in [7, 11) is 0. The predicted molar refractivity (Wildman–Crippen MR) is 129 cm³/mol. The molecule has 10 nitrogen and oxygen atoms in total. The molecule has 1 unspecified atom stereocenters. The Kier molecular flexibility index (Phi) is 6.32. The van der Waals surface area contributed by atoms with Crippen LogP contribution in [0.3, 0.4) is 0 Å². The van der Waals surface area contributed by atoms with E-state index < -0.39 is 6.10 Å². The average Bonchev–Trinajstić information content (AvgIpc) is 3.57. The number of aromatic amines is 1. The van der Waals surface area contributed by atoms with Crippen LogP contribution in [-0.2, 0) is 0 Å². The molecular formula is C22H25ClN8O2S. The average molecular weight is 501 g/mol. The predicted octanol–water partition coefficient (Wildman–Crippen LogP) is 3.93. The number of aromatic nitrogens is 7. The van der Waals surface area contributed by atoms with Crippen molar-refractivity contribution in [2.45, 2.75) is 57.7 Å². The number of H-pyrrole nitrogens is 1. The molecule has 0 aliphatic heterocycles. The maximum atomic E-state index is 12.7. The maximum absolute atomic E-state index is 12.7. The summed E-state index contributed by atoms with van der Waals surface area (Å²) in [6, 6.07) is 1.95. The van der Waals surface area contributed by atoms with Gasteiger partial charge in [-0.3, -0.25) is 14.9 Å². The number of hydrogen-bond acceptors (Lipinski definition) is 8. The van der Waals surface area contributed by atoms with E-state index in [1.165, 1.54) is 23.9 Å². The van der Waals surface area contributed by atoms with Crippen molar-refractivity contribution < 1.29 is 9.90 Å². The molecule has 0 aromatic carbocycles. The monoisotopic (exact) mass is 500 g/mol. The van der Waals surface area contributed by atoms with Crippen molar-refractivity contribution in [1.82, 2.24) is 40.0 Å². The summed E-state index contributed by atoms with van der Waals surface area (Å²) in [6.45, 7) is 3.93. The lowest BCUT2D eigenvalue weighted by Crippen LogP contribution is -2.39. The standard InChI is InChI=1S/C22H25ClN8O2S/c1-11(2)18(32)20-29-15-8-24-14(19-26-10-27-30-19)7-16(15)31(20)13-5-3-4-12(6-13)28-21(33)22-25-9-17(23)34-22/h7-13,18,32H,3-6H2,1-2H3,(H,28,33)(H,26,27,30)/t12-,13+,18?/m0/s1. The van der Waals surface area contributed by atoms with Gasteiger partial charge in [0.1, 0.15) is 33.8 Å². The van der Waals surface area contributed by atoms with E-state index in [1.54, 1.807) is 6.20 Å². The van der Waals surface area contributed by atoms with E-state index >= 15 is 0 Å². The number of imidazole rings is 1. The van der Waals surface area contributed by atoms with Crippen LogP contribution in [0.25, 0.3) is 22.6 Å². The van der Waals surface area contributed by atoms with Gasteiger partial charge in [-0.1, -0.05) is 36.8 Å². The second-order valence-corrected chi connectivity index (χ2v) is 10.5. The van der Waals surface area contributed by atoms with Gasteiger partial charge < -0.3 is 15.0 Å². The first-order chi connectivity index (χ1) is 16.4. The molecule has 0 radical (unpaired) electrons. The third-order valence-electron chi connectivity index (χ3n) is 6.16. The summed E-state index contributed by atoms with van der Waals surface area (Å²) in [5.74, 6) is 0.889. The van der Waals surface area contributed by atoms with Gasteiger partial charge in [-0.05, 0) is 37.7 Å². The number of hydrogen-bond donors (Lipinski definition) is 3. The fourth-order valence-corrected chi connectivity index (χ4v) is 5.31. The molecule has 12 heteroatoms. The van der Waals surface area contributed by atoms with E-state index in [-0.39, 0.29) is 23.9 Å². The van der Waals surface area contributed by atoms with Gasteiger partial charge in [-0.2, -0.15) is 5.10 Å². The lowest BCUT2D eigenvalue weighted by molar-refractivity contribution is 0.0912. The van der Waals surface area contributed by atoms with Crippen LogP contribution >= 0.6 is 22.9 Å². The SMILES string of the molecule is CC(C)C(O)c1nc2cnc(-c3nc[nH]n3)cc2n1[C@@H]1CCC[C@H](NC(=O)c2ncc(Cl)s2)C1. The lowest BCUT2D eigenvalue weighted by Gasteiger charge is -2.32. The van der Waals surface area contributed by atoms with E-state index in [0.29, 0.717) is 38.6 Å². The molecule has 1 fully saturated rings. The van der Waals surface area contributed by atoms with E-state index in [4.69, 9.17) is 16.6 Å². The summed E-state index contributed by atoms with van der Waals surface area (Å²) in [5, 5.41) is 21.3. The van der Waals surface area contributed by atoms with Crippen molar-refractivity contribution in [3.63, 3.8) is 0 Å². The van der Waals surface area contributed by atoms with Crippen LogP contribution in [0.5, 0.6) is 0 Å². The van der Waals surface area contributed by atoms with E-state index in [9.17, 15) is 9.90 Å². The Morgan fingerprint density at radius 2 is 2.15 bits per heavy atom. The Bertz CT molecular complexity index is 1300. The first-order valence-corrected chi connectivity index (χ1v) is 12.4. The van der Waals surface area contributed by atoms with Gasteiger partial charge >= 0.3 is 0 Å². The molecule has 0 bridgehead atoms. The van der Waals surface area contributed by atoms with Gasteiger partial charge in [0.15, 0.2) is 10.8 Å². The van der Waals surface area contributed by atoms with Crippen LogP contribution in [0.4, 0.5) is 0 Å². The quantitative estimate of drug-likeness (QED) is 0.365. The number of halogens is 1. The zero-order valence-electron chi connectivity index (χ0n) is 18.8.